The van der Waals surface area contributed by atoms with E-state index < -0.39 is 5.97 Å². The van der Waals surface area contributed by atoms with Crippen LogP contribution in [-0.2, 0) is 19.1 Å². The third-order valence-electron chi connectivity index (χ3n) is 3.72. The second-order valence-electron chi connectivity index (χ2n) is 5.35. The van der Waals surface area contributed by atoms with Crippen LogP contribution in [0.25, 0.3) is 6.08 Å². The van der Waals surface area contributed by atoms with E-state index in [-0.39, 0.29) is 18.4 Å². The first kappa shape index (κ1) is 18.0. The van der Waals surface area contributed by atoms with Crippen molar-refractivity contribution < 1.29 is 19.1 Å². The number of halogens is 1. The lowest BCUT2D eigenvalue weighted by atomic mass is 10.2. The van der Waals surface area contributed by atoms with Crippen molar-refractivity contribution in [3.05, 3.63) is 40.9 Å². The molecule has 1 aromatic rings. The number of piperazine rings is 1. The van der Waals surface area contributed by atoms with Crippen LogP contribution in [0.1, 0.15) is 12.5 Å². The fourth-order valence-corrected chi connectivity index (χ4v) is 2.51. The Morgan fingerprint density at radius 3 is 2.38 bits per heavy atom. The third-order valence-corrected chi connectivity index (χ3v) is 4.06. The van der Waals surface area contributed by atoms with Gasteiger partial charge in [-0.1, -0.05) is 29.8 Å². The third kappa shape index (κ3) is 5.09. The van der Waals surface area contributed by atoms with Crippen molar-refractivity contribution in [2.45, 2.75) is 6.92 Å². The Labute approximate surface area is 145 Å². The Bertz CT molecular complexity index is 652. The van der Waals surface area contributed by atoms with Crippen molar-refractivity contribution in [3.8, 4) is 0 Å². The second kappa shape index (κ2) is 8.49. The highest BCUT2D eigenvalue weighted by Gasteiger charge is 2.22. The molecule has 0 unspecified atom stereocenters. The van der Waals surface area contributed by atoms with Crippen molar-refractivity contribution in [3.63, 3.8) is 0 Å². The van der Waals surface area contributed by atoms with Crippen molar-refractivity contribution in [1.82, 2.24) is 9.80 Å². The van der Waals surface area contributed by atoms with Gasteiger partial charge in [0.05, 0.1) is 0 Å². The fourth-order valence-electron chi connectivity index (χ4n) is 2.31. The summed E-state index contributed by atoms with van der Waals surface area (Å²) >= 11 is 5.98. The number of rotatable bonds is 4. The molecule has 1 saturated heterocycles. The zero-order valence-electron chi connectivity index (χ0n) is 13.4. The van der Waals surface area contributed by atoms with Crippen LogP contribution in [0.4, 0.5) is 0 Å². The molecule has 1 aromatic carbocycles. The van der Waals surface area contributed by atoms with Gasteiger partial charge in [0, 0.05) is 44.2 Å². The van der Waals surface area contributed by atoms with E-state index in [4.69, 9.17) is 16.3 Å². The van der Waals surface area contributed by atoms with Crippen LogP contribution in [0.15, 0.2) is 30.3 Å². The highest BCUT2D eigenvalue weighted by molar-refractivity contribution is 6.32. The van der Waals surface area contributed by atoms with Crippen LogP contribution >= 0.6 is 11.6 Å². The second-order valence-corrected chi connectivity index (χ2v) is 5.76. The first-order chi connectivity index (χ1) is 11.5. The Kier molecular flexibility index (Phi) is 6.37. The number of benzene rings is 1. The number of amides is 2. The van der Waals surface area contributed by atoms with Crippen molar-refractivity contribution >= 4 is 35.5 Å². The van der Waals surface area contributed by atoms with Crippen molar-refractivity contribution in [1.29, 1.82) is 0 Å². The number of hydrogen-bond acceptors (Lipinski definition) is 4. The Morgan fingerprint density at radius 1 is 1.12 bits per heavy atom. The van der Waals surface area contributed by atoms with E-state index in [1.807, 2.05) is 0 Å². The van der Waals surface area contributed by atoms with E-state index in [2.05, 4.69) is 0 Å². The van der Waals surface area contributed by atoms with Gasteiger partial charge in [-0.3, -0.25) is 9.59 Å². The zero-order chi connectivity index (χ0) is 17.5. The minimum Gasteiger partial charge on any atom is -0.452 e. The van der Waals surface area contributed by atoms with E-state index in [9.17, 15) is 14.4 Å². The minimum atomic E-state index is -0.606. The lowest BCUT2D eigenvalue weighted by Gasteiger charge is -2.34. The van der Waals surface area contributed by atoms with Gasteiger partial charge in [0.25, 0.3) is 5.91 Å². The summed E-state index contributed by atoms with van der Waals surface area (Å²) in [4.78, 5) is 38.2. The lowest BCUT2D eigenvalue weighted by molar-refractivity contribution is -0.149. The van der Waals surface area contributed by atoms with Gasteiger partial charge in [0.2, 0.25) is 5.91 Å². The summed E-state index contributed by atoms with van der Waals surface area (Å²) in [5.74, 6) is -0.874. The Balaban J connectivity index is 1.77. The molecule has 0 N–H and O–H groups in total. The van der Waals surface area contributed by atoms with Crippen molar-refractivity contribution in [2.24, 2.45) is 0 Å². The minimum absolute atomic E-state index is 0.00163. The first-order valence-corrected chi connectivity index (χ1v) is 7.98. The molecule has 0 bridgehead atoms. The summed E-state index contributed by atoms with van der Waals surface area (Å²) < 4.78 is 4.95. The SMILES string of the molecule is CC(=O)N1CCN(C(=O)COC(=O)/C=C/c2ccccc2Cl)CC1. The maximum absolute atomic E-state index is 12.0. The molecule has 1 aliphatic heterocycles. The van der Waals surface area contributed by atoms with Gasteiger partial charge in [-0.25, -0.2) is 4.79 Å². The molecule has 2 rings (SSSR count). The van der Waals surface area contributed by atoms with E-state index in [0.29, 0.717) is 36.8 Å². The molecular formula is C17H19ClN2O4. The molecule has 1 aliphatic rings. The molecule has 0 saturated carbocycles. The molecule has 1 heterocycles. The summed E-state index contributed by atoms with van der Waals surface area (Å²) in [6.07, 6.45) is 2.78. The van der Waals surface area contributed by atoms with E-state index in [1.54, 1.807) is 40.1 Å². The van der Waals surface area contributed by atoms with E-state index >= 15 is 0 Å². The maximum atomic E-state index is 12.0. The number of ether oxygens (including phenoxy) is 1. The van der Waals surface area contributed by atoms with E-state index in [0.717, 1.165) is 0 Å². The van der Waals surface area contributed by atoms with Crippen LogP contribution in [0.5, 0.6) is 0 Å². The molecular weight excluding hydrogens is 332 g/mol. The average Bonchev–Trinajstić information content (AvgIpc) is 2.59. The lowest BCUT2D eigenvalue weighted by Crippen LogP contribution is -2.51. The number of carbonyl (C=O) groups is 3. The van der Waals surface area contributed by atoms with Gasteiger partial charge >= 0.3 is 5.97 Å². The highest BCUT2D eigenvalue weighted by Crippen LogP contribution is 2.16. The number of nitrogens with zero attached hydrogens (tertiary/aromatic N) is 2. The molecule has 0 aliphatic carbocycles. The highest BCUT2D eigenvalue weighted by atomic mass is 35.5. The van der Waals surface area contributed by atoms with Gasteiger partial charge in [0.1, 0.15) is 0 Å². The Hall–Kier alpha value is -2.34. The summed E-state index contributed by atoms with van der Waals surface area (Å²) in [7, 11) is 0. The molecule has 0 aromatic heterocycles. The quantitative estimate of drug-likeness (QED) is 0.611. The first-order valence-electron chi connectivity index (χ1n) is 7.60. The number of esters is 1. The fraction of sp³-hybridized carbons (Fsp3) is 0.353. The molecule has 6 nitrogen and oxygen atoms in total. The van der Waals surface area contributed by atoms with Gasteiger partial charge in [-0.2, -0.15) is 0 Å². The molecule has 0 spiro atoms. The summed E-state index contributed by atoms with van der Waals surface area (Å²) in [6, 6.07) is 7.09. The Morgan fingerprint density at radius 2 is 1.75 bits per heavy atom. The molecule has 2 amide bonds. The monoisotopic (exact) mass is 350 g/mol. The largest absolute Gasteiger partial charge is 0.452 e. The maximum Gasteiger partial charge on any atom is 0.331 e. The van der Waals surface area contributed by atoms with Crippen LogP contribution in [0.2, 0.25) is 5.02 Å². The molecule has 128 valence electrons. The zero-order valence-corrected chi connectivity index (χ0v) is 14.2. The average molecular weight is 351 g/mol. The normalized spacial score (nSPS) is 14.8. The molecule has 24 heavy (non-hydrogen) atoms. The smallest absolute Gasteiger partial charge is 0.331 e. The van der Waals surface area contributed by atoms with Gasteiger partial charge in [-0.05, 0) is 17.7 Å². The predicted molar refractivity (Wildman–Crippen MR) is 90.3 cm³/mol. The van der Waals surface area contributed by atoms with Crippen molar-refractivity contribution in [2.75, 3.05) is 32.8 Å². The molecule has 0 atom stereocenters. The van der Waals surface area contributed by atoms with Gasteiger partial charge in [-0.15, -0.1) is 0 Å². The number of carbonyl (C=O) groups excluding carboxylic acids is 3. The van der Waals surface area contributed by atoms with Gasteiger partial charge < -0.3 is 14.5 Å². The van der Waals surface area contributed by atoms with Crippen LogP contribution < -0.4 is 0 Å². The number of hydrogen-bond donors (Lipinski definition) is 0. The summed E-state index contributed by atoms with van der Waals surface area (Å²) in [5.41, 5.74) is 0.697. The topological polar surface area (TPSA) is 66.9 Å². The molecule has 7 heteroatoms. The molecule has 0 radical (unpaired) electrons. The standard InChI is InChI=1S/C17H19ClN2O4/c1-13(21)19-8-10-20(11-9-19)16(22)12-24-17(23)7-6-14-4-2-3-5-15(14)18/h2-7H,8-12H2,1H3/b7-6+. The van der Waals surface area contributed by atoms with Crippen LogP contribution in [0.3, 0.4) is 0 Å². The predicted octanol–water partition coefficient (Wildman–Crippen LogP) is 1.59. The summed E-state index contributed by atoms with van der Waals surface area (Å²) in [6.45, 7) is 3.09. The van der Waals surface area contributed by atoms with E-state index in [1.165, 1.54) is 13.0 Å². The summed E-state index contributed by atoms with van der Waals surface area (Å²) in [5, 5.41) is 0.529. The van der Waals surface area contributed by atoms with Crippen LogP contribution in [0, 0.1) is 0 Å². The van der Waals surface area contributed by atoms with Crippen LogP contribution in [-0.4, -0.2) is 60.4 Å². The molecule has 1 fully saturated rings. The van der Waals surface area contributed by atoms with Gasteiger partial charge in [0.15, 0.2) is 6.61 Å².